The van der Waals surface area contributed by atoms with Gasteiger partial charge in [-0.1, -0.05) is 29.8 Å². The Bertz CT molecular complexity index is 1200. The van der Waals surface area contributed by atoms with E-state index in [4.69, 9.17) is 26.3 Å². The molecule has 0 fully saturated rings. The van der Waals surface area contributed by atoms with Gasteiger partial charge in [0.2, 0.25) is 0 Å². The van der Waals surface area contributed by atoms with Gasteiger partial charge in [-0.3, -0.25) is 4.98 Å². The predicted molar refractivity (Wildman–Crippen MR) is 128 cm³/mol. The van der Waals surface area contributed by atoms with E-state index >= 15 is 0 Å². The van der Waals surface area contributed by atoms with Crippen molar-refractivity contribution in [2.45, 2.75) is 26.2 Å². The third kappa shape index (κ3) is 6.12. The lowest BCUT2D eigenvalue weighted by molar-refractivity contribution is -0.139. The molecule has 1 unspecified atom stereocenters. The molecule has 2 heterocycles. The molecule has 34 heavy (non-hydrogen) atoms. The number of hydrogen-bond donors (Lipinski definition) is 1. The zero-order valence-corrected chi connectivity index (χ0v) is 19.6. The van der Waals surface area contributed by atoms with Gasteiger partial charge in [0.05, 0.1) is 29.6 Å². The van der Waals surface area contributed by atoms with Crippen LogP contribution in [-0.4, -0.2) is 30.1 Å². The highest BCUT2D eigenvalue weighted by Gasteiger charge is 2.38. The lowest BCUT2D eigenvalue weighted by Crippen LogP contribution is -2.32. The maximum Gasteiger partial charge on any atom is 0.337 e. The number of esters is 2. The summed E-state index contributed by atoms with van der Waals surface area (Å²) in [6.45, 7) is 3.49. The monoisotopic (exact) mass is 477 g/mol. The number of carbonyl (C=O) groups is 2. The number of benzene rings is 1. The second kappa shape index (κ2) is 11.8. The van der Waals surface area contributed by atoms with E-state index in [9.17, 15) is 9.59 Å². The summed E-state index contributed by atoms with van der Waals surface area (Å²) in [7, 11) is 0. The number of nitrogens with zero attached hydrogens (tertiary/aromatic N) is 2. The zero-order chi connectivity index (χ0) is 24.5. The Morgan fingerprint density at radius 2 is 1.79 bits per heavy atom. The Hall–Kier alpha value is -3.89. The van der Waals surface area contributed by atoms with E-state index in [-0.39, 0.29) is 30.8 Å². The molecule has 8 heteroatoms. The first-order valence-electron chi connectivity index (χ1n) is 10.6. The highest BCUT2D eigenvalue weighted by atomic mass is 35.5. The number of halogens is 1. The molecule has 1 aliphatic rings. The number of pyridine rings is 1. The fourth-order valence-corrected chi connectivity index (χ4v) is 3.88. The van der Waals surface area contributed by atoms with Gasteiger partial charge in [0.25, 0.3) is 0 Å². The SMILES string of the molecule is CC1=C(C(=O)OC/C=C/c2ccncc2)C(c2cccc(Cl)c2)C(C(=O)OCCC#N)=C(C)N1. The van der Waals surface area contributed by atoms with Crippen LogP contribution in [0.4, 0.5) is 0 Å². The molecule has 1 aromatic heterocycles. The van der Waals surface area contributed by atoms with Crippen molar-refractivity contribution in [2.75, 3.05) is 13.2 Å². The summed E-state index contributed by atoms with van der Waals surface area (Å²) in [6.07, 6.45) is 6.97. The molecular formula is C26H24ClN3O4. The third-order valence-electron chi connectivity index (χ3n) is 5.16. The lowest BCUT2D eigenvalue weighted by Gasteiger charge is -2.30. The first-order valence-corrected chi connectivity index (χ1v) is 11.0. The number of carbonyl (C=O) groups excluding carboxylic acids is 2. The molecule has 0 amide bonds. The minimum Gasteiger partial charge on any atom is -0.461 e. The number of ether oxygens (including phenoxy) is 2. The summed E-state index contributed by atoms with van der Waals surface area (Å²) in [6, 6.07) is 12.6. The van der Waals surface area contributed by atoms with Crippen LogP contribution in [-0.2, 0) is 19.1 Å². The standard InChI is InChI=1S/C26H24ClN3O4/c1-17-22(25(31)33-14-4-6-19-9-12-29-13-10-19)24(20-7-3-8-21(27)16-20)23(18(2)30-17)26(32)34-15-5-11-28/h3-4,6-10,12-13,16,24,30H,5,14-15H2,1-2H3/b6-4+. The van der Waals surface area contributed by atoms with Crippen LogP contribution in [0.1, 0.15) is 37.3 Å². The van der Waals surface area contributed by atoms with E-state index in [1.807, 2.05) is 24.3 Å². The molecular weight excluding hydrogens is 454 g/mol. The van der Waals surface area contributed by atoms with Gasteiger partial charge in [-0.2, -0.15) is 5.26 Å². The fourth-order valence-electron chi connectivity index (χ4n) is 3.68. The van der Waals surface area contributed by atoms with Gasteiger partial charge in [-0.25, -0.2) is 9.59 Å². The average molecular weight is 478 g/mol. The second-order valence-corrected chi connectivity index (χ2v) is 7.95. The van der Waals surface area contributed by atoms with Gasteiger partial charge < -0.3 is 14.8 Å². The molecule has 1 atom stereocenters. The van der Waals surface area contributed by atoms with Crippen LogP contribution in [0.15, 0.2) is 77.4 Å². The Morgan fingerprint density at radius 3 is 2.44 bits per heavy atom. The summed E-state index contributed by atoms with van der Waals surface area (Å²) in [5.74, 6) is -1.92. The summed E-state index contributed by atoms with van der Waals surface area (Å²) in [4.78, 5) is 30.2. The smallest absolute Gasteiger partial charge is 0.337 e. The van der Waals surface area contributed by atoms with E-state index in [0.717, 1.165) is 5.56 Å². The van der Waals surface area contributed by atoms with E-state index in [1.165, 1.54) is 0 Å². The van der Waals surface area contributed by atoms with Crippen LogP contribution in [0.3, 0.4) is 0 Å². The van der Waals surface area contributed by atoms with Crippen LogP contribution in [0.2, 0.25) is 5.02 Å². The molecule has 0 aliphatic carbocycles. The van der Waals surface area contributed by atoms with Crippen molar-refractivity contribution in [3.8, 4) is 6.07 Å². The maximum atomic E-state index is 13.2. The van der Waals surface area contributed by atoms with Crippen LogP contribution >= 0.6 is 11.6 Å². The van der Waals surface area contributed by atoms with E-state index in [1.54, 1.807) is 56.6 Å². The molecule has 0 saturated carbocycles. The molecule has 1 aromatic carbocycles. The largest absolute Gasteiger partial charge is 0.461 e. The number of hydrogen-bond acceptors (Lipinski definition) is 7. The van der Waals surface area contributed by atoms with Crippen LogP contribution < -0.4 is 5.32 Å². The summed E-state index contributed by atoms with van der Waals surface area (Å²) in [5, 5.41) is 12.3. The first kappa shape index (κ1) is 24.7. The fraction of sp³-hybridized carbons (Fsp3) is 0.231. The molecule has 174 valence electrons. The van der Waals surface area contributed by atoms with Gasteiger partial charge in [0.15, 0.2) is 0 Å². The van der Waals surface area contributed by atoms with Gasteiger partial charge in [-0.05, 0) is 55.3 Å². The van der Waals surface area contributed by atoms with E-state index < -0.39 is 17.9 Å². The van der Waals surface area contributed by atoms with Crippen LogP contribution in [0.25, 0.3) is 6.08 Å². The van der Waals surface area contributed by atoms with E-state index in [2.05, 4.69) is 10.3 Å². The normalized spacial score (nSPS) is 15.6. The summed E-state index contributed by atoms with van der Waals surface area (Å²) < 4.78 is 10.8. The molecule has 0 spiro atoms. The van der Waals surface area contributed by atoms with Crippen molar-refractivity contribution in [3.63, 3.8) is 0 Å². The third-order valence-corrected chi connectivity index (χ3v) is 5.39. The van der Waals surface area contributed by atoms with Crippen molar-refractivity contribution in [3.05, 3.63) is 93.6 Å². The van der Waals surface area contributed by atoms with Crippen molar-refractivity contribution in [1.29, 1.82) is 5.26 Å². The second-order valence-electron chi connectivity index (χ2n) is 7.52. The van der Waals surface area contributed by atoms with Crippen molar-refractivity contribution in [2.24, 2.45) is 0 Å². The van der Waals surface area contributed by atoms with Gasteiger partial charge in [0.1, 0.15) is 13.2 Å². The number of nitrogens with one attached hydrogen (secondary N) is 1. The van der Waals surface area contributed by atoms with Crippen molar-refractivity contribution < 1.29 is 19.1 Å². The molecule has 3 rings (SSSR count). The maximum absolute atomic E-state index is 13.2. The first-order chi connectivity index (χ1) is 16.4. The highest BCUT2D eigenvalue weighted by molar-refractivity contribution is 6.30. The molecule has 1 aliphatic heterocycles. The minimum absolute atomic E-state index is 0.0450. The van der Waals surface area contributed by atoms with Gasteiger partial charge >= 0.3 is 11.9 Å². The molecule has 1 N–H and O–H groups in total. The van der Waals surface area contributed by atoms with Crippen LogP contribution in [0.5, 0.6) is 0 Å². The van der Waals surface area contributed by atoms with Gasteiger partial charge in [0, 0.05) is 28.8 Å². The summed E-state index contributed by atoms with van der Waals surface area (Å²) >= 11 is 6.22. The Balaban J connectivity index is 1.89. The number of rotatable bonds is 8. The molecule has 0 bridgehead atoms. The molecule has 2 aromatic rings. The highest BCUT2D eigenvalue weighted by Crippen LogP contribution is 2.39. The minimum atomic E-state index is -0.744. The number of dihydropyridines is 1. The summed E-state index contributed by atoms with van der Waals surface area (Å²) in [5.41, 5.74) is 3.26. The number of aromatic nitrogens is 1. The lowest BCUT2D eigenvalue weighted by atomic mass is 9.80. The Kier molecular flexibility index (Phi) is 8.60. The number of nitriles is 1. The van der Waals surface area contributed by atoms with Crippen molar-refractivity contribution in [1.82, 2.24) is 10.3 Å². The Morgan fingerprint density at radius 1 is 1.12 bits per heavy atom. The topological polar surface area (TPSA) is 101 Å². The van der Waals surface area contributed by atoms with Crippen LogP contribution in [0, 0.1) is 11.3 Å². The van der Waals surface area contributed by atoms with Gasteiger partial charge in [-0.15, -0.1) is 0 Å². The van der Waals surface area contributed by atoms with Crippen molar-refractivity contribution >= 4 is 29.6 Å². The van der Waals surface area contributed by atoms with E-state index in [0.29, 0.717) is 22.0 Å². The molecule has 0 radical (unpaired) electrons. The molecule has 7 nitrogen and oxygen atoms in total. The quantitative estimate of drug-likeness (QED) is 0.435. The zero-order valence-electron chi connectivity index (χ0n) is 18.9. The number of allylic oxidation sites excluding steroid dienone is 2. The molecule has 0 saturated heterocycles. The Labute approximate surface area is 203 Å². The predicted octanol–water partition coefficient (Wildman–Crippen LogP) is 4.68. The average Bonchev–Trinajstić information content (AvgIpc) is 2.82.